The van der Waals surface area contributed by atoms with Gasteiger partial charge in [-0.1, -0.05) is 6.07 Å². The minimum Gasteiger partial charge on any atom is -0.367 e. The maximum atomic E-state index is 14.8. The fourth-order valence-electron chi connectivity index (χ4n) is 11.0. The van der Waals surface area contributed by atoms with E-state index in [1.165, 1.54) is 0 Å². The minimum atomic E-state index is -2.68. The number of aromatic nitrogens is 4. The van der Waals surface area contributed by atoms with Gasteiger partial charge in [-0.15, -0.1) is 0 Å². The Bertz CT molecular complexity index is 2530. The molecule has 0 spiro atoms. The maximum absolute atomic E-state index is 14.8. The van der Waals surface area contributed by atoms with Crippen LogP contribution in [0.5, 0.6) is 0 Å². The summed E-state index contributed by atoms with van der Waals surface area (Å²) in [4.78, 5) is 74.8. The molecule has 63 heavy (non-hydrogen) atoms. The smallest absolute Gasteiger partial charge is 0.264 e. The van der Waals surface area contributed by atoms with E-state index in [4.69, 9.17) is 5.10 Å². The molecule has 3 fully saturated rings. The van der Waals surface area contributed by atoms with Crippen LogP contribution in [0.1, 0.15) is 114 Å². The molecule has 0 radical (unpaired) electrons. The summed E-state index contributed by atoms with van der Waals surface area (Å²) in [6.45, 7) is 6.39. The molecule has 5 amide bonds. The van der Waals surface area contributed by atoms with Crippen LogP contribution in [0.3, 0.4) is 0 Å². The first-order valence-corrected chi connectivity index (χ1v) is 22.4. The number of likely N-dealkylation sites (tertiary alicyclic amines) is 1. The van der Waals surface area contributed by atoms with Gasteiger partial charge < -0.3 is 19.6 Å². The lowest BCUT2D eigenvalue weighted by Crippen LogP contribution is -2.54. The number of aryl methyl sites for hydroxylation is 2. The molecule has 330 valence electrons. The van der Waals surface area contributed by atoms with Crippen molar-refractivity contribution in [2.24, 2.45) is 7.05 Å². The van der Waals surface area contributed by atoms with Gasteiger partial charge in [0, 0.05) is 106 Å². The number of halogens is 2. The Balaban J connectivity index is 0.890. The predicted molar refractivity (Wildman–Crippen MR) is 229 cm³/mol. The van der Waals surface area contributed by atoms with Gasteiger partial charge in [-0.05, 0) is 86.8 Å². The van der Waals surface area contributed by atoms with Crippen molar-refractivity contribution in [1.82, 2.24) is 39.6 Å². The first kappa shape index (κ1) is 41.1. The van der Waals surface area contributed by atoms with Crippen molar-refractivity contribution in [3.05, 3.63) is 76.2 Å². The quantitative estimate of drug-likeness (QED) is 0.231. The number of amides is 5. The van der Waals surface area contributed by atoms with E-state index in [0.29, 0.717) is 48.4 Å². The van der Waals surface area contributed by atoms with Gasteiger partial charge in [0.05, 0.1) is 35.6 Å². The summed E-state index contributed by atoms with van der Waals surface area (Å²) in [7, 11) is 1.77. The number of carbonyl (C=O) groups is 5. The van der Waals surface area contributed by atoms with Gasteiger partial charge in [0.2, 0.25) is 17.7 Å². The summed E-state index contributed by atoms with van der Waals surface area (Å²) in [5.41, 5.74) is 6.25. The Hall–Kier alpha value is -5.97. The molecule has 2 unspecified atom stereocenters. The molecule has 0 bridgehead atoms. The number of anilines is 3. The van der Waals surface area contributed by atoms with Crippen molar-refractivity contribution in [1.29, 1.82) is 0 Å². The molecule has 0 aliphatic carbocycles. The number of hydrogen-bond donors (Lipinski definition) is 1. The number of rotatable bonds is 8. The number of nitrogens with zero attached hydrogens (tertiary/aromatic N) is 9. The maximum Gasteiger partial charge on any atom is 0.264 e. The summed E-state index contributed by atoms with van der Waals surface area (Å²) < 4.78 is 33.4. The first-order chi connectivity index (χ1) is 30.4. The van der Waals surface area contributed by atoms with E-state index in [9.17, 15) is 32.8 Å². The van der Waals surface area contributed by atoms with Crippen LogP contribution in [-0.4, -0.2) is 115 Å². The summed E-state index contributed by atoms with van der Waals surface area (Å²) in [6, 6.07) is 8.09. The SMILES string of the molecule is CC(=O)N1CCc2c(c(N3CCCc4cc(-c5cnn(C)c5)c(C(F)F)cc43)nn2C2CCN(CC3CCCCN3c3cccc4c3C(=O)N(C3CCC(=O)NC3=O)C4=O)CC2)C1. The number of imide groups is 2. The summed E-state index contributed by atoms with van der Waals surface area (Å²) >= 11 is 0. The molecular weight excluding hydrogens is 811 g/mol. The Labute approximate surface area is 363 Å². The third-order valence-corrected chi connectivity index (χ3v) is 14.1. The lowest BCUT2D eigenvalue weighted by Gasteiger charge is -2.42. The standard InChI is InChI=1S/C46H52F2N10O5/c1-27(59)54-20-15-36-35(26-54)43(56-17-6-7-28-21-33(29-23-49-52(2)24-29)34(42(47)48)22-39(28)56)51-58(36)30-13-18-53(19-14-30)25-31-8-3-4-16-55(31)37-10-5-9-32-41(37)46(63)57(45(32)62)38-11-12-40(60)50-44(38)61/h5,9-10,21-24,30-31,38,42H,3-4,6-8,11-20,25-26H2,1-2H3,(H,50,60,61). The topological polar surface area (TPSA) is 149 Å². The van der Waals surface area contributed by atoms with Gasteiger partial charge in [0.15, 0.2) is 5.82 Å². The van der Waals surface area contributed by atoms with Crippen LogP contribution >= 0.6 is 0 Å². The molecular formula is C46H52F2N10O5. The monoisotopic (exact) mass is 862 g/mol. The van der Waals surface area contributed by atoms with E-state index in [-0.39, 0.29) is 42.0 Å². The summed E-state index contributed by atoms with van der Waals surface area (Å²) in [5.74, 6) is -1.29. The molecule has 6 aliphatic heterocycles. The highest BCUT2D eigenvalue weighted by molar-refractivity contribution is 6.25. The molecule has 10 rings (SSSR count). The fourth-order valence-corrected chi connectivity index (χ4v) is 11.0. The second-order valence-electron chi connectivity index (χ2n) is 17.9. The number of hydrogen-bond acceptors (Lipinski definition) is 10. The zero-order valence-corrected chi connectivity index (χ0v) is 35.7. The van der Waals surface area contributed by atoms with Crippen LogP contribution in [0, 0.1) is 0 Å². The second-order valence-corrected chi connectivity index (χ2v) is 17.9. The average Bonchev–Trinajstić information content (AvgIpc) is 3.96. The van der Waals surface area contributed by atoms with Crippen LogP contribution in [0.4, 0.5) is 26.0 Å². The van der Waals surface area contributed by atoms with E-state index in [1.54, 1.807) is 49.2 Å². The van der Waals surface area contributed by atoms with E-state index in [0.717, 1.165) is 104 Å². The van der Waals surface area contributed by atoms with Crippen LogP contribution in [0.15, 0.2) is 42.7 Å². The molecule has 4 aromatic rings. The molecule has 0 saturated carbocycles. The molecule has 2 aromatic heterocycles. The molecule has 2 aromatic carbocycles. The number of nitrogens with one attached hydrogen (secondary N) is 1. The van der Waals surface area contributed by atoms with E-state index in [2.05, 4.69) is 29.8 Å². The zero-order valence-electron chi connectivity index (χ0n) is 35.7. The normalized spacial score (nSPS) is 22.2. The van der Waals surface area contributed by atoms with Crippen LogP contribution in [0.25, 0.3) is 11.1 Å². The van der Waals surface area contributed by atoms with Crippen molar-refractivity contribution in [3.63, 3.8) is 0 Å². The highest BCUT2D eigenvalue weighted by atomic mass is 19.3. The number of carbonyl (C=O) groups excluding carboxylic acids is 5. The largest absolute Gasteiger partial charge is 0.367 e. The van der Waals surface area contributed by atoms with Crippen molar-refractivity contribution in [3.8, 4) is 11.1 Å². The zero-order chi connectivity index (χ0) is 43.7. The predicted octanol–water partition coefficient (Wildman–Crippen LogP) is 5.31. The second kappa shape index (κ2) is 16.3. The van der Waals surface area contributed by atoms with Crippen molar-refractivity contribution in [2.45, 2.75) is 102 Å². The molecule has 17 heteroatoms. The molecule has 6 aliphatic rings. The van der Waals surface area contributed by atoms with E-state index >= 15 is 0 Å². The number of fused-ring (bicyclic) bond motifs is 3. The number of alkyl halides is 2. The Morgan fingerprint density at radius 2 is 1.71 bits per heavy atom. The number of benzene rings is 2. The highest BCUT2D eigenvalue weighted by Gasteiger charge is 2.47. The summed E-state index contributed by atoms with van der Waals surface area (Å²) in [5, 5.41) is 11.9. The molecule has 8 heterocycles. The van der Waals surface area contributed by atoms with Crippen molar-refractivity contribution < 1.29 is 32.8 Å². The van der Waals surface area contributed by atoms with Crippen molar-refractivity contribution in [2.75, 3.05) is 49.1 Å². The van der Waals surface area contributed by atoms with Crippen LogP contribution in [-0.2, 0) is 40.8 Å². The Morgan fingerprint density at radius 3 is 2.46 bits per heavy atom. The Kier molecular flexibility index (Phi) is 10.6. The molecule has 2 atom stereocenters. The van der Waals surface area contributed by atoms with Gasteiger partial charge in [0.1, 0.15) is 6.04 Å². The molecule has 3 saturated heterocycles. The first-order valence-electron chi connectivity index (χ1n) is 22.4. The third kappa shape index (κ3) is 7.27. The lowest BCUT2D eigenvalue weighted by atomic mass is 9.92. The highest BCUT2D eigenvalue weighted by Crippen LogP contribution is 2.44. The van der Waals surface area contributed by atoms with Gasteiger partial charge in [-0.2, -0.15) is 10.2 Å². The molecule has 15 nitrogen and oxygen atoms in total. The summed E-state index contributed by atoms with van der Waals surface area (Å²) in [6.07, 6.45) is 7.75. The van der Waals surface area contributed by atoms with E-state index < -0.39 is 36.1 Å². The Morgan fingerprint density at radius 1 is 0.889 bits per heavy atom. The van der Waals surface area contributed by atoms with Gasteiger partial charge in [0.25, 0.3) is 18.2 Å². The van der Waals surface area contributed by atoms with Crippen molar-refractivity contribution >= 4 is 46.7 Å². The molecule has 1 N–H and O–H groups in total. The third-order valence-electron chi connectivity index (χ3n) is 14.1. The van der Waals surface area contributed by atoms with Gasteiger partial charge in [-0.25, -0.2) is 8.78 Å². The van der Waals surface area contributed by atoms with Crippen LogP contribution < -0.4 is 15.1 Å². The van der Waals surface area contributed by atoms with Gasteiger partial charge >= 0.3 is 0 Å². The fraction of sp³-hybridized carbons (Fsp3) is 0.500. The average molecular weight is 863 g/mol. The lowest BCUT2D eigenvalue weighted by molar-refractivity contribution is -0.136. The number of piperidine rings is 3. The van der Waals surface area contributed by atoms with E-state index in [1.807, 2.05) is 17.0 Å². The van der Waals surface area contributed by atoms with Gasteiger partial charge in [-0.3, -0.25) is 43.6 Å². The van der Waals surface area contributed by atoms with Crippen LogP contribution in [0.2, 0.25) is 0 Å². The minimum absolute atomic E-state index is 0.00683.